The Hall–Kier alpha value is -1.81. The van der Waals surface area contributed by atoms with Crippen LogP contribution in [-0.2, 0) is 4.74 Å². The largest absolute Gasteiger partial charge is 0.445 e. The average molecular weight is 287 g/mol. The number of fused-ring (bicyclic) bond motifs is 2. The fourth-order valence-corrected chi connectivity index (χ4v) is 3.34. The number of aliphatic hydroxyl groups excluding tert-OH is 1. The van der Waals surface area contributed by atoms with E-state index in [-0.39, 0.29) is 24.0 Å². The summed E-state index contributed by atoms with van der Waals surface area (Å²) in [6.07, 6.45) is 4.59. The fourth-order valence-electron chi connectivity index (χ4n) is 3.34. The SMILES string of the molecule is C[C@H](NC(=O)OC1C2C=CC(O)C1CC2)c1ccccc1. The van der Waals surface area contributed by atoms with Crippen molar-refractivity contribution in [2.24, 2.45) is 11.8 Å². The van der Waals surface area contributed by atoms with Gasteiger partial charge in [-0.2, -0.15) is 0 Å². The first-order chi connectivity index (χ1) is 10.1. The molecule has 5 atom stereocenters. The third-order valence-corrected chi connectivity index (χ3v) is 4.55. The lowest BCUT2D eigenvalue weighted by atomic mass is 9.90. The van der Waals surface area contributed by atoms with E-state index >= 15 is 0 Å². The van der Waals surface area contributed by atoms with Gasteiger partial charge < -0.3 is 15.2 Å². The monoisotopic (exact) mass is 287 g/mol. The molecule has 0 heterocycles. The molecule has 112 valence electrons. The number of ether oxygens (including phenoxy) is 1. The topological polar surface area (TPSA) is 58.6 Å². The first-order valence-electron chi connectivity index (χ1n) is 7.53. The Morgan fingerprint density at radius 1 is 1.29 bits per heavy atom. The van der Waals surface area contributed by atoms with Crippen LogP contribution in [-0.4, -0.2) is 23.4 Å². The molecular weight excluding hydrogens is 266 g/mol. The lowest BCUT2D eigenvalue weighted by molar-refractivity contribution is 0.0138. The highest BCUT2D eigenvalue weighted by Crippen LogP contribution is 2.40. The molecule has 2 N–H and O–H groups in total. The van der Waals surface area contributed by atoms with Gasteiger partial charge in [0, 0.05) is 11.8 Å². The molecule has 2 bridgehead atoms. The Morgan fingerprint density at radius 3 is 2.81 bits per heavy atom. The first kappa shape index (κ1) is 14.1. The lowest BCUT2D eigenvalue weighted by Gasteiger charge is -2.29. The first-order valence-corrected chi connectivity index (χ1v) is 7.53. The quantitative estimate of drug-likeness (QED) is 0.840. The summed E-state index contributed by atoms with van der Waals surface area (Å²) < 4.78 is 5.58. The van der Waals surface area contributed by atoms with Gasteiger partial charge in [-0.25, -0.2) is 4.79 Å². The molecule has 1 aromatic rings. The van der Waals surface area contributed by atoms with Gasteiger partial charge in [0.25, 0.3) is 0 Å². The third-order valence-electron chi connectivity index (χ3n) is 4.55. The molecule has 1 saturated carbocycles. The van der Waals surface area contributed by atoms with Gasteiger partial charge in [-0.3, -0.25) is 0 Å². The predicted molar refractivity (Wildman–Crippen MR) is 79.6 cm³/mol. The molecule has 4 nitrogen and oxygen atoms in total. The second kappa shape index (κ2) is 5.90. The highest BCUT2D eigenvalue weighted by molar-refractivity contribution is 5.68. The van der Waals surface area contributed by atoms with Gasteiger partial charge in [0.1, 0.15) is 6.10 Å². The molecule has 2 aliphatic carbocycles. The zero-order valence-electron chi connectivity index (χ0n) is 12.1. The summed E-state index contributed by atoms with van der Waals surface area (Å²) in [4.78, 5) is 12.1. The van der Waals surface area contributed by atoms with Crippen LogP contribution >= 0.6 is 0 Å². The predicted octanol–water partition coefficient (Wildman–Crippen LogP) is 2.80. The van der Waals surface area contributed by atoms with Crippen LogP contribution < -0.4 is 5.32 Å². The van der Waals surface area contributed by atoms with Gasteiger partial charge >= 0.3 is 6.09 Å². The van der Waals surface area contributed by atoms with Crippen molar-refractivity contribution in [1.82, 2.24) is 5.32 Å². The average Bonchev–Trinajstić information content (AvgIpc) is 2.77. The van der Waals surface area contributed by atoms with E-state index in [1.54, 1.807) is 0 Å². The van der Waals surface area contributed by atoms with Crippen LogP contribution in [0.4, 0.5) is 4.79 Å². The molecule has 0 aromatic heterocycles. The van der Waals surface area contributed by atoms with Gasteiger partial charge in [-0.05, 0) is 25.3 Å². The maximum Gasteiger partial charge on any atom is 0.407 e. The molecule has 21 heavy (non-hydrogen) atoms. The van der Waals surface area contributed by atoms with Crippen LogP contribution in [0.25, 0.3) is 0 Å². The normalized spacial score (nSPS) is 31.7. The van der Waals surface area contributed by atoms with E-state index in [4.69, 9.17) is 4.74 Å². The number of rotatable bonds is 3. The van der Waals surface area contributed by atoms with Crippen molar-refractivity contribution in [2.75, 3.05) is 0 Å². The number of amides is 1. The summed E-state index contributed by atoms with van der Waals surface area (Å²) in [5, 5.41) is 12.8. The van der Waals surface area contributed by atoms with Gasteiger partial charge in [0.15, 0.2) is 0 Å². The summed E-state index contributed by atoms with van der Waals surface area (Å²) in [6.45, 7) is 1.93. The van der Waals surface area contributed by atoms with Crippen molar-refractivity contribution in [3.63, 3.8) is 0 Å². The summed E-state index contributed by atoms with van der Waals surface area (Å²) in [6, 6.07) is 9.69. The second-order valence-electron chi connectivity index (χ2n) is 5.93. The number of benzene rings is 1. The molecule has 1 amide bonds. The molecule has 2 aliphatic rings. The number of hydrogen-bond acceptors (Lipinski definition) is 3. The number of carbonyl (C=O) groups excluding carboxylic acids is 1. The molecule has 4 unspecified atom stereocenters. The standard InChI is InChI=1S/C17H21NO3/c1-11(12-5-3-2-4-6-12)18-17(20)21-16-13-7-9-14(16)15(19)10-8-13/h2-6,8,10-11,13-16,19H,7,9H2,1H3,(H,18,20)/t11-,13?,14?,15?,16?/m0/s1. The summed E-state index contributed by atoms with van der Waals surface area (Å²) in [5.74, 6) is 0.286. The second-order valence-corrected chi connectivity index (χ2v) is 5.93. The van der Waals surface area contributed by atoms with Crippen molar-refractivity contribution in [3.05, 3.63) is 48.0 Å². The Kier molecular flexibility index (Phi) is 3.97. The van der Waals surface area contributed by atoms with E-state index in [0.29, 0.717) is 0 Å². The molecule has 0 radical (unpaired) electrons. The lowest BCUT2D eigenvalue weighted by Crippen LogP contribution is -2.39. The van der Waals surface area contributed by atoms with E-state index in [0.717, 1.165) is 18.4 Å². The molecular formula is C17H21NO3. The fraction of sp³-hybridized carbons (Fsp3) is 0.471. The number of aliphatic hydroxyl groups is 1. The summed E-state index contributed by atoms with van der Waals surface area (Å²) in [7, 11) is 0. The van der Waals surface area contributed by atoms with Crippen LogP contribution in [0, 0.1) is 11.8 Å². The van der Waals surface area contributed by atoms with Gasteiger partial charge in [0.2, 0.25) is 0 Å². The highest BCUT2D eigenvalue weighted by atomic mass is 16.6. The molecule has 0 saturated heterocycles. The Morgan fingerprint density at radius 2 is 2.05 bits per heavy atom. The zero-order valence-corrected chi connectivity index (χ0v) is 12.1. The van der Waals surface area contributed by atoms with Crippen molar-refractivity contribution >= 4 is 6.09 Å². The number of nitrogens with one attached hydrogen (secondary N) is 1. The molecule has 4 heteroatoms. The van der Waals surface area contributed by atoms with E-state index in [2.05, 4.69) is 5.32 Å². The summed E-state index contributed by atoms with van der Waals surface area (Å²) in [5.41, 5.74) is 1.04. The Labute approximate surface area is 124 Å². The molecule has 0 spiro atoms. The molecule has 1 aromatic carbocycles. The van der Waals surface area contributed by atoms with Gasteiger partial charge in [-0.15, -0.1) is 0 Å². The zero-order chi connectivity index (χ0) is 14.8. The van der Waals surface area contributed by atoms with Crippen molar-refractivity contribution < 1.29 is 14.6 Å². The third kappa shape index (κ3) is 2.95. The van der Waals surface area contributed by atoms with Gasteiger partial charge in [-0.1, -0.05) is 42.5 Å². The number of hydrogen-bond donors (Lipinski definition) is 2. The van der Waals surface area contributed by atoms with Crippen LogP contribution in [0.3, 0.4) is 0 Å². The minimum atomic E-state index is -0.493. The smallest absolute Gasteiger partial charge is 0.407 e. The van der Waals surface area contributed by atoms with E-state index < -0.39 is 12.2 Å². The molecule has 3 rings (SSSR count). The molecule has 1 fully saturated rings. The summed E-state index contributed by atoms with van der Waals surface area (Å²) >= 11 is 0. The van der Waals surface area contributed by atoms with Crippen LogP contribution in [0.15, 0.2) is 42.5 Å². The van der Waals surface area contributed by atoms with E-state index in [1.807, 2.05) is 49.4 Å². The maximum absolute atomic E-state index is 12.1. The van der Waals surface area contributed by atoms with Crippen LogP contribution in [0.2, 0.25) is 0 Å². The minimum absolute atomic E-state index is 0.0396. The van der Waals surface area contributed by atoms with Gasteiger partial charge in [0.05, 0.1) is 12.1 Å². The van der Waals surface area contributed by atoms with Crippen LogP contribution in [0.5, 0.6) is 0 Å². The van der Waals surface area contributed by atoms with Crippen molar-refractivity contribution in [1.29, 1.82) is 0 Å². The van der Waals surface area contributed by atoms with Crippen LogP contribution in [0.1, 0.15) is 31.4 Å². The number of carbonyl (C=O) groups is 1. The van der Waals surface area contributed by atoms with Crippen molar-refractivity contribution in [3.8, 4) is 0 Å². The Bertz CT molecular complexity index is 528. The maximum atomic E-state index is 12.1. The van der Waals surface area contributed by atoms with E-state index in [1.165, 1.54) is 0 Å². The minimum Gasteiger partial charge on any atom is -0.445 e. The number of alkyl carbamates (subject to hydrolysis) is 1. The Balaban J connectivity index is 1.59. The molecule has 0 aliphatic heterocycles. The van der Waals surface area contributed by atoms with Crippen molar-refractivity contribution in [2.45, 2.75) is 38.0 Å². The van der Waals surface area contributed by atoms with E-state index in [9.17, 15) is 9.90 Å². The highest BCUT2D eigenvalue weighted by Gasteiger charge is 2.43.